The summed E-state index contributed by atoms with van der Waals surface area (Å²) in [7, 11) is 0. The summed E-state index contributed by atoms with van der Waals surface area (Å²) in [6.45, 7) is 5.30. The maximum absolute atomic E-state index is 8.98. The van der Waals surface area contributed by atoms with Crippen molar-refractivity contribution >= 4 is 0 Å². The Morgan fingerprint density at radius 1 is 1.40 bits per heavy atom. The molecule has 0 saturated carbocycles. The Hall–Kier alpha value is -0.970. The minimum Gasteiger partial charge on any atom is -0.390 e. The van der Waals surface area contributed by atoms with Crippen molar-refractivity contribution in [3.05, 3.63) is 29.6 Å². The summed E-state index contributed by atoms with van der Waals surface area (Å²) in [6.07, 6.45) is 1.77. The highest BCUT2D eigenvalue weighted by Gasteiger charge is 2.09. The normalized spacial score (nSPS) is 17.9. The molecular formula is C11H17N3O. The fourth-order valence-electron chi connectivity index (χ4n) is 1.84. The Bertz CT molecular complexity index is 310. The van der Waals surface area contributed by atoms with Gasteiger partial charge in [-0.3, -0.25) is 9.88 Å². The molecule has 0 aliphatic carbocycles. The van der Waals surface area contributed by atoms with Crippen LogP contribution in [0.5, 0.6) is 0 Å². The van der Waals surface area contributed by atoms with Crippen LogP contribution in [0.4, 0.5) is 0 Å². The highest BCUT2D eigenvalue weighted by molar-refractivity contribution is 5.15. The van der Waals surface area contributed by atoms with Crippen molar-refractivity contribution in [2.45, 2.75) is 13.2 Å². The lowest BCUT2D eigenvalue weighted by Crippen LogP contribution is -2.42. The highest BCUT2D eigenvalue weighted by Crippen LogP contribution is 2.06. The van der Waals surface area contributed by atoms with Crippen LogP contribution >= 0.6 is 0 Å². The summed E-state index contributed by atoms with van der Waals surface area (Å²) >= 11 is 0. The third kappa shape index (κ3) is 2.99. The molecule has 1 aliphatic heterocycles. The highest BCUT2D eigenvalue weighted by atomic mass is 16.3. The number of nitrogens with one attached hydrogen (secondary N) is 1. The van der Waals surface area contributed by atoms with Crippen LogP contribution in [0.2, 0.25) is 0 Å². The van der Waals surface area contributed by atoms with Gasteiger partial charge in [0, 0.05) is 38.9 Å². The van der Waals surface area contributed by atoms with Crippen LogP contribution in [-0.4, -0.2) is 41.2 Å². The first-order valence-corrected chi connectivity index (χ1v) is 5.36. The average Bonchev–Trinajstić information content (AvgIpc) is 2.31. The van der Waals surface area contributed by atoms with E-state index >= 15 is 0 Å². The molecule has 0 unspecified atom stereocenters. The van der Waals surface area contributed by atoms with E-state index < -0.39 is 0 Å². The van der Waals surface area contributed by atoms with Gasteiger partial charge in [0.05, 0.1) is 12.3 Å². The minimum atomic E-state index is 0.0232. The smallest absolute Gasteiger partial charge is 0.0853 e. The van der Waals surface area contributed by atoms with Gasteiger partial charge in [-0.2, -0.15) is 0 Å². The van der Waals surface area contributed by atoms with Crippen molar-refractivity contribution in [3.63, 3.8) is 0 Å². The van der Waals surface area contributed by atoms with Gasteiger partial charge in [0.25, 0.3) is 0 Å². The van der Waals surface area contributed by atoms with Gasteiger partial charge in [0.2, 0.25) is 0 Å². The van der Waals surface area contributed by atoms with E-state index in [0.29, 0.717) is 0 Å². The zero-order chi connectivity index (χ0) is 10.5. The van der Waals surface area contributed by atoms with E-state index in [-0.39, 0.29) is 6.61 Å². The summed E-state index contributed by atoms with van der Waals surface area (Å²) in [5.41, 5.74) is 1.98. The molecule has 0 spiro atoms. The minimum absolute atomic E-state index is 0.0232. The van der Waals surface area contributed by atoms with Crippen molar-refractivity contribution in [1.82, 2.24) is 15.2 Å². The number of rotatable bonds is 3. The maximum atomic E-state index is 8.98. The van der Waals surface area contributed by atoms with E-state index in [9.17, 15) is 0 Å². The SMILES string of the molecule is OCc1cc(CN2CCNCC2)ccn1. The average molecular weight is 207 g/mol. The first-order chi connectivity index (χ1) is 7.38. The zero-order valence-corrected chi connectivity index (χ0v) is 8.82. The Morgan fingerprint density at radius 2 is 2.20 bits per heavy atom. The molecule has 0 bridgehead atoms. The number of piperazine rings is 1. The molecule has 0 aromatic carbocycles. The molecule has 0 radical (unpaired) electrons. The summed E-state index contributed by atoms with van der Waals surface area (Å²) in [4.78, 5) is 6.48. The predicted octanol–water partition coefficient (Wildman–Crippen LogP) is -0.0209. The largest absolute Gasteiger partial charge is 0.390 e. The number of hydrogen-bond acceptors (Lipinski definition) is 4. The van der Waals surface area contributed by atoms with Gasteiger partial charge < -0.3 is 10.4 Å². The topological polar surface area (TPSA) is 48.4 Å². The fraction of sp³-hybridized carbons (Fsp3) is 0.545. The Labute approximate surface area is 89.9 Å². The lowest BCUT2D eigenvalue weighted by Gasteiger charge is -2.27. The van der Waals surface area contributed by atoms with Gasteiger partial charge in [-0.1, -0.05) is 0 Å². The molecule has 15 heavy (non-hydrogen) atoms. The van der Waals surface area contributed by atoms with E-state index in [4.69, 9.17) is 5.11 Å². The van der Waals surface area contributed by atoms with Gasteiger partial charge in [-0.15, -0.1) is 0 Å². The van der Waals surface area contributed by atoms with Crippen LogP contribution in [0, 0.1) is 0 Å². The van der Waals surface area contributed by atoms with Gasteiger partial charge in [0.15, 0.2) is 0 Å². The number of nitrogens with zero attached hydrogens (tertiary/aromatic N) is 2. The van der Waals surface area contributed by atoms with Gasteiger partial charge >= 0.3 is 0 Å². The fourth-order valence-corrected chi connectivity index (χ4v) is 1.84. The number of pyridine rings is 1. The summed E-state index contributed by atoms with van der Waals surface area (Å²) < 4.78 is 0. The number of aromatic nitrogens is 1. The van der Waals surface area contributed by atoms with Gasteiger partial charge in [-0.25, -0.2) is 0 Å². The molecule has 2 rings (SSSR count). The Balaban J connectivity index is 1.96. The lowest BCUT2D eigenvalue weighted by molar-refractivity contribution is 0.232. The van der Waals surface area contributed by atoms with Crippen LogP contribution in [0.3, 0.4) is 0 Å². The number of aliphatic hydroxyl groups excluding tert-OH is 1. The Morgan fingerprint density at radius 3 is 2.93 bits per heavy atom. The van der Waals surface area contributed by atoms with Crippen LogP contribution in [0.25, 0.3) is 0 Å². The van der Waals surface area contributed by atoms with E-state index in [0.717, 1.165) is 38.4 Å². The second kappa shape index (κ2) is 5.21. The van der Waals surface area contributed by atoms with Gasteiger partial charge in [-0.05, 0) is 17.7 Å². The summed E-state index contributed by atoms with van der Waals surface area (Å²) in [5.74, 6) is 0. The van der Waals surface area contributed by atoms with Crippen molar-refractivity contribution in [2.24, 2.45) is 0 Å². The molecule has 1 saturated heterocycles. The number of hydrogen-bond donors (Lipinski definition) is 2. The molecule has 0 amide bonds. The molecular weight excluding hydrogens is 190 g/mol. The summed E-state index contributed by atoms with van der Waals surface area (Å²) in [5, 5.41) is 12.3. The molecule has 1 aromatic heterocycles. The third-order valence-corrected chi connectivity index (χ3v) is 2.66. The van der Waals surface area contributed by atoms with Crippen LogP contribution in [-0.2, 0) is 13.2 Å². The molecule has 1 aliphatic rings. The van der Waals surface area contributed by atoms with Crippen LogP contribution in [0.15, 0.2) is 18.3 Å². The lowest BCUT2D eigenvalue weighted by atomic mass is 10.2. The molecule has 1 fully saturated rings. The molecule has 82 valence electrons. The molecule has 1 aromatic rings. The molecule has 0 atom stereocenters. The molecule has 4 nitrogen and oxygen atoms in total. The molecule has 2 N–H and O–H groups in total. The van der Waals surface area contributed by atoms with Crippen LogP contribution in [0.1, 0.15) is 11.3 Å². The second-order valence-electron chi connectivity index (χ2n) is 3.84. The monoisotopic (exact) mass is 207 g/mol. The van der Waals surface area contributed by atoms with E-state index in [1.165, 1.54) is 5.56 Å². The van der Waals surface area contributed by atoms with Crippen LogP contribution < -0.4 is 5.32 Å². The Kier molecular flexibility index (Phi) is 3.66. The summed E-state index contributed by atoms with van der Waals surface area (Å²) in [6, 6.07) is 3.99. The first kappa shape index (κ1) is 10.5. The maximum Gasteiger partial charge on any atom is 0.0853 e. The predicted molar refractivity (Wildman–Crippen MR) is 58.3 cm³/mol. The van der Waals surface area contributed by atoms with Crippen molar-refractivity contribution in [2.75, 3.05) is 26.2 Å². The van der Waals surface area contributed by atoms with Crippen molar-refractivity contribution < 1.29 is 5.11 Å². The van der Waals surface area contributed by atoms with Crippen molar-refractivity contribution in [1.29, 1.82) is 0 Å². The molecule has 2 heterocycles. The molecule has 4 heteroatoms. The quantitative estimate of drug-likeness (QED) is 0.731. The standard InChI is InChI=1S/C11H17N3O/c15-9-11-7-10(1-2-13-11)8-14-5-3-12-4-6-14/h1-2,7,12,15H,3-6,8-9H2. The van der Waals surface area contributed by atoms with E-state index in [1.807, 2.05) is 12.1 Å². The number of aliphatic hydroxyl groups is 1. The first-order valence-electron chi connectivity index (χ1n) is 5.36. The van der Waals surface area contributed by atoms with E-state index in [1.54, 1.807) is 6.20 Å². The second-order valence-corrected chi connectivity index (χ2v) is 3.84. The van der Waals surface area contributed by atoms with Gasteiger partial charge in [0.1, 0.15) is 0 Å². The van der Waals surface area contributed by atoms with E-state index in [2.05, 4.69) is 15.2 Å². The third-order valence-electron chi connectivity index (χ3n) is 2.66. The van der Waals surface area contributed by atoms with Crippen molar-refractivity contribution in [3.8, 4) is 0 Å². The zero-order valence-electron chi connectivity index (χ0n) is 8.82.